The van der Waals surface area contributed by atoms with Crippen LogP contribution in [-0.4, -0.2) is 27.5 Å². The van der Waals surface area contributed by atoms with Gasteiger partial charge in [-0.15, -0.1) is 0 Å². The van der Waals surface area contributed by atoms with Gasteiger partial charge in [0.05, 0.1) is 6.10 Å². The van der Waals surface area contributed by atoms with Crippen LogP contribution >= 0.6 is 0 Å². The summed E-state index contributed by atoms with van der Waals surface area (Å²) in [5.74, 6) is 0. The molecule has 0 spiro atoms. The first kappa shape index (κ1) is 13.2. The Kier molecular flexibility index (Phi) is 4.08. The Morgan fingerprint density at radius 2 is 1.44 bits per heavy atom. The van der Waals surface area contributed by atoms with Crippen LogP contribution in [0.2, 0.25) is 0 Å². The fourth-order valence-electron chi connectivity index (χ4n) is 1.53. The molecule has 0 saturated heterocycles. The van der Waals surface area contributed by atoms with Crippen molar-refractivity contribution >= 4 is 0 Å². The van der Waals surface area contributed by atoms with Gasteiger partial charge in [-0.3, -0.25) is 0 Å². The number of aliphatic hydroxyl groups is 3. The highest BCUT2D eigenvalue weighted by Crippen LogP contribution is 2.28. The van der Waals surface area contributed by atoms with Crippen LogP contribution in [0.15, 0.2) is 30.3 Å². The first-order chi connectivity index (χ1) is 7.34. The van der Waals surface area contributed by atoms with Crippen molar-refractivity contribution < 1.29 is 15.3 Å². The van der Waals surface area contributed by atoms with Crippen molar-refractivity contribution in [3.8, 4) is 0 Å². The van der Waals surface area contributed by atoms with E-state index in [1.54, 1.807) is 24.3 Å². The molecule has 90 valence electrons. The van der Waals surface area contributed by atoms with Crippen LogP contribution in [0.5, 0.6) is 0 Å². The van der Waals surface area contributed by atoms with Crippen molar-refractivity contribution in [2.45, 2.75) is 39.1 Å². The second-order valence-corrected chi connectivity index (χ2v) is 5.16. The van der Waals surface area contributed by atoms with Crippen molar-refractivity contribution in [2.75, 3.05) is 0 Å². The lowest BCUT2D eigenvalue weighted by molar-refractivity contribution is -0.0999. The van der Waals surface area contributed by atoms with Gasteiger partial charge in [-0.25, -0.2) is 0 Å². The van der Waals surface area contributed by atoms with Crippen molar-refractivity contribution in [2.24, 2.45) is 5.41 Å². The van der Waals surface area contributed by atoms with Crippen molar-refractivity contribution in [1.82, 2.24) is 0 Å². The zero-order valence-electron chi connectivity index (χ0n) is 9.96. The van der Waals surface area contributed by atoms with Crippen LogP contribution < -0.4 is 0 Å². The van der Waals surface area contributed by atoms with Crippen LogP contribution in [0.4, 0.5) is 0 Å². The highest BCUT2D eigenvalue weighted by Gasteiger charge is 2.34. The van der Waals surface area contributed by atoms with Gasteiger partial charge in [0.15, 0.2) is 0 Å². The molecule has 0 aromatic heterocycles. The summed E-state index contributed by atoms with van der Waals surface area (Å²) in [5.41, 5.74) is 0.146. The van der Waals surface area contributed by atoms with E-state index in [0.29, 0.717) is 5.56 Å². The number of rotatable bonds is 3. The van der Waals surface area contributed by atoms with Gasteiger partial charge in [-0.1, -0.05) is 51.1 Å². The van der Waals surface area contributed by atoms with E-state index in [0.717, 1.165) is 0 Å². The quantitative estimate of drug-likeness (QED) is 0.729. The van der Waals surface area contributed by atoms with Gasteiger partial charge in [0.25, 0.3) is 0 Å². The molecule has 0 saturated carbocycles. The van der Waals surface area contributed by atoms with Crippen LogP contribution in [0, 0.1) is 5.41 Å². The molecule has 3 unspecified atom stereocenters. The van der Waals surface area contributed by atoms with E-state index in [-0.39, 0.29) is 0 Å². The van der Waals surface area contributed by atoms with Gasteiger partial charge >= 0.3 is 0 Å². The standard InChI is InChI=1S/C13H20O3/c1-13(2,3)12(16)11(15)10(14)9-7-5-4-6-8-9/h4-8,10-12,14-16H,1-3H3. The zero-order valence-corrected chi connectivity index (χ0v) is 9.96. The van der Waals surface area contributed by atoms with E-state index in [1.807, 2.05) is 26.8 Å². The normalized spacial score (nSPS) is 17.9. The molecule has 0 aliphatic carbocycles. The summed E-state index contributed by atoms with van der Waals surface area (Å²) in [4.78, 5) is 0. The molecule has 0 heterocycles. The van der Waals surface area contributed by atoms with Gasteiger partial charge in [0.1, 0.15) is 12.2 Å². The number of aliphatic hydroxyl groups excluding tert-OH is 3. The number of hydrogen-bond acceptors (Lipinski definition) is 3. The van der Waals surface area contributed by atoms with E-state index in [9.17, 15) is 15.3 Å². The van der Waals surface area contributed by atoms with Crippen molar-refractivity contribution in [1.29, 1.82) is 0 Å². The molecule has 0 aliphatic heterocycles. The van der Waals surface area contributed by atoms with Gasteiger partial charge in [0.2, 0.25) is 0 Å². The largest absolute Gasteiger partial charge is 0.390 e. The molecule has 0 radical (unpaired) electrons. The molecular formula is C13H20O3. The maximum Gasteiger partial charge on any atom is 0.110 e. The molecule has 0 bridgehead atoms. The third-order valence-corrected chi connectivity index (χ3v) is 2.68. The van der Waals surface area contributed by atoms with E-state index >= 15 is 0 Å². The fourth-order valence-corrected chi connectivity index (χ4v) is 1.53. The number of benzene rings is 1. The SMILES string of the molecule is CC(C)(C)C(O)C(O)C(O)c1ccccc1. The minimum absolute atomic E-state index is 0.463. The average Bonchev–Trinajstić information content (AvgIpc) is 2.26. The topological polar surface area (TPSA) is 60.7 Å². The minimum atomic E-state index is -1.18. The van der Waals surface area contributed by atoms with Crippen LogP contribution in [0.1, 0.15) is 32.4 Å². The van der Waals surface area contributed by atoms with E-state index in [1.165, 1.54) is 0 Å². The summed E-state index contributed by atoms with van der Waals surface area (Å²) in [6.07, 6.45) is -3.21. The minimum Gasteiger partial charge on any atom is -0.390 e. The zero-order chi connectivity index (χ0) is 12.3. The van der Waals surface area contributed by atoms with Gasteiger partial charge < -0.3 is 15.3 Å². The molecule has 3 nitrogen and oxygen atoms in total. The lowest BCUT2D eigenvalue weighted by atomic mass is 9.83. The molecule has 0 aliphatic rings. The monoisotopic (exact) mass is 224 g/mol. The molecule has 0 amide bonds. The Morgan fingerprint density at radius 3 is 1.88 bits per heavy atom. The molecule has 3 heteroatoms. The maximum absolute atomic E-state index is 9.91. The molecular weight excluding hydrogens is 204 g/mol. The van der Waals surface area contributed by atoms with Gasteiger partial charge in [0, 0.05) is 0 Å². The van der Waals surface area contributed by atoms with E-state index in [4.69, 9.17) is 0 Å². The van der Waals surface area contributed by atoms with Crippen molar-refractivity contribution in [3.05, 3.63) is 35.9 Å². The Morgan fingerprint density at radius 1 is 0.938 bits per heavy atom. The van der Waals surface area contributed by atoms with Gasteiger partial charge in [-0.2, -0.15) is 0 Å². The fraction of sp³-hybridized carbons (Fsp3) is 0.538. The molecule has 16 heavy (non-hydrogen) atoms. The Bertz CT molecular complexity index is 316. The van der Waals surface area contributed by atoms with Crippen LogP contribution in [0.3, 0.4) is 0 Å². The summed E-state index contributed by atoms with van der Waals surface area (Å²) in [5, 5.41) is 29.7. The first-order valence-electron chi connectivity index (χ1n) is 5.43. The summed E-state index contributed by atoms with van der Waals surface area (Å²) >= 11 is 0. The summed E-state index contributed by atoms with van der Waals surface area (Å²) in [7, 11) is 0. The average molecular weight is 224 g/mol. The maximum atomic E-state index is 9.91. The smallest absolute Gasteiger partial charge is 0.110 e. The molecule has 1 aromatic rings. The second kappa shape index (κ2) is 4.95. The third-order valence-electron chi connectivity index (χ3n) is 2.68. The van der Waals surface area contributed by atoms with Gasteiger partial charge in [-0.05, 0) is 11.0 Å². The highest BCUT2D eigenvalue weighted by atomic mass is 16.4. The molecule has 0 fully saturated rings. The summed E-state index contributed by atoms with van der Waals surface area (Å²) in [6, 6.07) is 8.86. The molecule has 1 aromatic carbocycles. The van der Waals surface area contributed by atoms with Crippen LogP contribution in [0.25, 0.3) is 0 Å². The molecule has 3 N–H and O–H groups in total. The highest BCUT2D eigenvalue weighted by molar-refractivity contribution is 5.18. The number of hydrogen-bond donors (Lipinski definition) is 3. The summed E-state index contributed by atoms with van der Waals surface area (Å²) in [6.45, 7) is 5.45. The Hall–Kier alpha value is -0.900. The lowest BCUT2D eigenvalue weighted by Gasteiger charge is -2.32. The van der Waals surface area contributed by atoms with E-state index < -0.39 is 23.7 Å². The summed E-state index contributed by atoms with van der Waals surface area (Å²) < 4.78 is 0. The molecule has 1 rings (SSSR count). The Balaban J connectivity index is 2.79. The predicted molar refractivity (Wildman–Crippen MR) is 62.9 cm³/mol. The Labute approximate surface area is 96.4 Å². The molecule has 3 atom stereocenters. The lowest BCUT2D eigenvalue weighted by Crippen LogP contribution is -2.41. The van der Waals surface area contributed by atoms with Crippen LogP contribution in [-0.2, 0) is 0 Å². The second-order valence-electron chi connectivity index (χ2n) is 5.16. The first-order valence-corrected chi connectivity index (χ1v) is 5.43. The van der Waals surface area contributed by atoms with E-state index in [2.05, 4.69) is 0 Å². The van der Waals surface area contributed by atoms with Crippen molar-refractivity contribution in [3.63, 3.8) is 0 Å². The third kappa shape index (κ3) is 3.04. The predicted octanol–water partition coefficient (Wildman–Crippen LogP) is 1.49.